The molecule has 4 heteroatoms. The lowest BCUT2D eigenvalue weighted by Gasteiger charge is -2.11. The summed E-state index contributed by atoms with van der Waals surface area (Å²) < 4.78 is 13.7. The van der Waals surface area contributed by atoms with Crippen LogP contribution in [0.1, 0.15) is 11.1 Å². The van der Waals surface area contributed by atoms with Crippen LogP contribution in [-0.2, 0) is 17.6 Å². The third-order valence-electron chi connectivity index (χ3n) is 3.11. The molecule has 2 nitrogen and oxygen atoms in total. The summed E-state index contributed by atoms with van der Waals surface area (Å²) in [5, 5.41) is 0. The predicted octanol–water partition coefficient (Wildman–Crippen LogP) is 3.27. The van der Waals surface area contributed by atoms with Gasteiger partial charge in [0.25, 0.3) is 0 Å². The molecule has 0 fully saturated rings. The second-order valence-electron chi connectivity index (χ2n) is 4.65. The standard InChI is InChI=1S/C16H15BrFNO/c17-16-12(7-4-8-13(16)18)10-15(20)14(19)9-11-5-2-1-3-6-11/h1-8,14H,9-10,19H2. The molecule has 0 aliphatic rings. The van der Waals surface area contributed by atoms with E-state index in [-0.39, 0.29) is 18.0 Å². The molecular weight excluding hydrogens is 321 g/mol. The molecule has 2 aromatic carbocycles. The van der Waals surface area contributed by atoms with Gasteiger partial charge in [0.2, 0.25) is 0 Å². The second kappa shape index (κ2) is 6.77. The van der Waals surface area contributed by atoms with E-state index in [1.807, 2.05) is 30.3 Å². The van der Waals surface area contributed by atoms with Crippen molar-refractivity contribution in [1.29, 1.82) is 0 Å². The van der Waals surface area contributed by atoms with E-state index in [0.29, 0.717) is 16.5 Å². The van der Waals surface area contributed by atoms with Crippen LogP contribution in [0.5, 0.6) is 0 Å². The maximum atomic E-state index is 13.4. The van der Waals surface area contributed by atoms with Gasteiger partial charge in [-0.15, -0.1) is 0 Å². The number of hydrogen-bond donors (Lipinski definition) is 1. The Bertz CT molecular complexity index is 601. The molecule has 0 heterocycles. The van der Waals surface area contributed by atoms with Gasteiger partial charge in [-0.3, -0.25) is 4.79 Å². The van der Waals surface area contributed by atoms with Crippen LogP contribution in [0, 0.1) is 5.82 Å². The van der Waals surface area contributed by atoms with Crippen molar-refractivity contribution in [3.05, 3.63) is 69.9 Å². The Labute approximate surface area is 125 Å². The van der Waals surface area contributed by atoms with Crippen molar-refractivity contribution < 1.29 is 9.18 Å². The lowest BCUT2D eigenvalue weighted by molar-refractivity contribution is -0.119. The van der Waals surface area contributed by atoms with Gasteiger partial charge in [-0.05, 0) is 39.5 Å². The van der Waals surface area contributed by atoms with E-state index in [0.717, 1.165) is 5.56 Å². The minimum Gasteiger partial charge on any atom is -0.321 e. The Kier molecular flexibility index (Phi) is 5.04. The molecule has 20 heavy (non-hydrogen) atoms. The average molecular weight is 336 g/mol. The zero-order valence-corrected chi connectivity index (χ0v) is 12.4. The van der Waals surface area contributed by atoms with Gasteiger partial charge in [0, 0.05) is 6.42 Å². The quantitative estimate of drug-likeness (QED) is 0.911. The molecule has 104 valence electrons. The molecule has 0 aliphatic carbocycles. The fraction of sp³-hybridized carbons (Fsp3) is 0.188. The Balaban J connectivity index is 2.03. The summed E-state index contributed by atoms with van der Waals surface area (Å²) >= 11 is 3.16. The number of rotatable bonds is 5. The molecule has 1 unspecified atom stereocenters. The summed E-state index contributed by atoms with van der Waals surface area (Å²) in [4.78, 5) is 12.1. The van der Waals surface area contributed by atoms with Crippen LogP contribution in [0.2, 0.25) is 0 Å². The normalized spacial score (nSPS) is 12.2. The number of hydrogen-bond acceptors (Lipinski definition) is 2. The van der Waals surface area contributed by atoms with E-state index in [1.54, 1.807) is 12.1 Å². The number of carbonyl (C=O) groups is 1. The fourth-order valence-electron chi connectivity index (χ4n) is 1.99. The van der Waals surface area contributed by atoms with Gasteiger partial charge in [-0.1, -0.05) is 42.5 Å². The minimum atomic E-state index is -0.576. The van der Waals surface area contributed by atoms with Gasteiger partial charge < -0.3 is 5.73 Å². The highest BCUT2D eigenvalue weighted by atomic mass is 79.9. The first kappa shape index (κ1) is 14.9. The Hall–Kier alpha value is -1.52. The van der Waals surface area contributed by atoms with Gasteiger partial charge in [0.15, 0.2) is 5.78 Å². The van der Waals surface area contributed by atoms with Crippen molar-refractivity contribution in [2.45, 2.75) is 18.9 Å². The Morgan fingerprint density at radius 2 is 1.85 bits per heavy atom. The number of halogens is 2. The van der Waals surface area contributed by atoms with Crippen LogP contribution in [0.3, 0.4) is 0 Å². The third kappa shape index (κ3) is 3.74. The van der Waals surface area contributed by atoms with Crippen molar-refractivity contribution in [2.75, 3.05) is 0 Å². The van der Waals surface area contributed by atoms with Gasteiger partial charge in [0.1, 0.15) is 5.82 Å². The molecule has 2 N–H and O–H groups in total. The Morgan fingerprint density at radius 3 is 2.55 bits per heavy atom. The average Bonchev–Trinajstić information content (AvgIpc) is 2.45. The SMILES string of the molecule is NC(Cc1ccccc1)C(=O)Cc1cccc(F)c1Br. The van der Waals surface area contributed by atoms with Crippen molar-refractivity contribution in [1.82, 2.24) is 0 Å². The lowest BCUT2D eigenvalue weighted by Crippen LogP contribution is -2.34. The maximum absolute atomic E-state index is 13.4. The number of benzene rings is 2. The van der Waals surface area contributed by atoms with E-state index in [1.165, 1.54) is 6.07 Å². The molecule has 0 spiro atoms. The number of Topliss-reactive ketones (excluding diaryl/α,β-unsaturated/α-hetero) is 1. The van der Waals surface area contributed by atoms with E-state index >= 15 is 0 Å². The topological polar surface area (TPSA) is 43.1 Å². The zero-order chi connectivity index (χ0) is 14.5. The van der Waals surface area contributed by atoms with Gasteiger partial charge in [-0.25, -0.2) is 4.39 Å². The summed E-state index contributed by atoms with van der Waals surface area (Å²) in [5.41, 5.74) is 7.57. The number of carbonyl (C=O) groups excluding carboxylic acids is 1. The van der Waals surface area contributed by atoms with E-state index < -0.39 is 6.04 Å². The fourth-order valence-corrected chi connectivity index (χ4v) is 2.39. The van der Waals surface area contributed by atoms with E-state index in [9.17, 15) is 9.18 Å². The van der Waals surface area contributed by atoms with Crippen molar-refractivity contribution in [3.8, 4) is 0 Å². The van der Waals surface area contributed by atoms with Crippen molar-refractivity contribution in [3.63, 3.8) is 0 Å². The van der Waals surface area contributed by atoms with Crippen molar-refractivity contribution in [2.24, 2.45) is 5.73 Å². The second-order valence-corrected chi connectivity index (χ2v) is 5.45. The molecule has 2 aromatic rings. The third-order valence-corrected chi connectivity index (χ3v) is 4.00. The molecule has 0 saturated carbocycles. The molecule has 0 radical (unpaired) electrons. The predicted molar refractivity (Wildman–Crippen MR) is 80.9 cm³/mol. The van der Waals surface area contributed by atoms with E-state index in [2.05, 4.69) is 15.9 Å². The summed E-state index contributed by atoms with van der Waals surface area (Å²) in [6.45, 7) is 0. The monoisotopic (exact) mass is 335 g/mol. The van der Waals surface area contributed by atoms with Crippen LogP contribution in [0.15, 0.2) is 53.0 Å². The minimum absolute atomic E-state index is 0.0971. The molecule has 0 saturated heterocycles. The van der Waals surface area contributed by atoms with E-state index in [4.69, 9.17) is 5.73 Å². The zero-order valence-electron chi connectivity index (χ0n) is 10.9. The smallest absolute Gasteiger partial charge is 0.154 e. The van der Waals surface area contributed by atoms with Crippen LogP contribution in [0.4, 0.5) is 4.39 Å². The van der Waals surface area contributed by atoms with Crippen LogP contribution >= 0.6 is 15.9 Å². The highest BCUT2D eigenvalue weighted by molar-refractivity contribution is 9.10. The molecule has 0 aliphatic heterocycles. The summed E-state index contributed by atoms with van der Waals surface area (Å²) in [5.74, 6) is -0.466. The highest BCUT2D eigenvalue weighted by Crippen LogP contribution is 2.21. The number of ketones is 1. The Morgan fingerprint density at radius 1 is 1.15 bits per heavy atom. The van der Waals surface area contributed by atoms with Gasteiger partial charge in [0.05, 0.1) is 10.5 Å². The molecular formula is C16H15BrFNO. The molecule has 0 amide bonds. The first-order chi connectivity index (χ1) is 9.58. The molecule has 0 aromatic heterocycles. The molecule has 1 atom stereocenters. The first-order valence-corrected chi connectivity index (χ1v) is 7.12. The summed E-state index contributed by atoms with van der Waals surface area (Å²) in [6.07, 6.45) is 0.624. The van der Waals surface area contributed by atoms with Gasteiger partial charge in [-0.2, -0.15) is 0 Å². The molecule has 2 rings (SSSR count). The number of nitrogens with two attached hydrogens (primary N) is 1. The van der Waals surface area contributed by atoms with Crippen LogP contribution in [-0.4, -0.2) is 11.8 Å². The van der Waals surface area contributed by atoms with Crippen LogP contribution in [0.25, 0.3) is 0 Å². The molecule has 0 bridgehead atoms. The van der Waals surface area contributed by atoms with Crippen LogP contribution < -0.4 is 5.73 Å². The van der Waals surface area contributed by atoms with Crippen molar-refractivity contribution >= 4 is 21.7 Å². The maximum Gasteiger partial charge on any atom is 0.154 e. The van der Waals surface area contributed by atoms with Gasteiger partial charge >= 0.3 is 0 Å². The largest absolute Gasteiger partial charge is 0.321 e. The first-order valence-electron chi connectivity index (χ1n) is 6.33. The summed E-state index contributed by atoms with van der Waals surface area (Å²) in [7, 11) is 0. The highest BCUT2D eigenvalue weighted by Gasteiger charge is 2.16. The summed E-state index contributed by atoms with van der Waals surface area (Å²) in [6, 6.07) is 13.7. The lowest BCUT2D eigenvalue weighted by atomic mass is 9.98.